The van der Waals surface area contributed by atoms with E-state index in [-0.39, 0.29) is 16.2 Å². The minimum absolute atomic E-state index is 0.0759. The molecule has 0 aliphatic rings. The molecular formula is C14H11BrO4S. The average molecular weight is 355 g/mol. The second-order valence-corrected chi connectivity index (χ2v) is 7.13. The summed E-state index contributed by atoms with van der Waals surface area (Å²) in [4.78, 5) is 11.1. The highest BCUT2D eigenvalue weighted by molar-refractivity contribution is 9.10. The number of aromatic carboxylic acids is 1. The lowest BCUT2D eigenvalue weighted by molar-refractivity contribution is 0.0696. The van der Waals surface area contributed by atoms with E-state index in [0.29, 0.717) is 10.0 Å². The number of hydrogen-bond donors (Lipinski definition) is 1. The van der Waals surface area contributed by atoms with Crippen molar-refractivity contribution in [3.63, 3.8) is 0 Å². The van der Waals surface area contributed by atoms with Crippen LogP contribution >= 0.6 is 15.9 Å². The predicted molar refractivity (Wildman–Crippen MR) is 78.4 cm³/mol. The molecule has 6 heteroatoms. The van der Waals surface area contributed by atoms with Crippen LogP contribution in [0.4, 0.5) is 0 Å². The van der Waals surface area contributed by atoms with Crippen molar-refractivity contribution < 1.29 is 18.3 Å². The zero-order valence-electron chi connectivity index (χ0n) is 10.3. The fraction of sp³-hybridized carbons (Fsp3) is 0.0714. The Labute approximate surface area is 125 Å². The van der Waals surface area contributed by atoms with E-state index in [0.717, 1.165) is 0 Å². The molecule has 0 saturated heterocycles. The number of carbonyl (C=O) groups is 1. The molecule has 2 rings (SSSR count). The van der Waals surface area contributed by atoms with Crippen LogP contribution in [0.25, 0.3) is 0 Å². The van der Waals surface area contributed by atoms with Gasteiger partial charge in [0.15, 0.2) is 9.84 Å². The number of carboxylic acids is 1. The largest absolute Gasteiger partial charge is 0.478 e. The van der Waals surface area contributed by atoms with Gasteiger partial charge in [-0.1, -0.05) is 34.1 Å². The van der Waals surface area contributed by atoms with Gasteiger partial charge in [0.2, 0.25) is 0 Å². The molecule has 0 aromatic heterocycles. The smallest absolute Gasteiger partial charge is 0.335 e. The Kier molecular flexibility index (Phi) is 4.25. The van der Waals surface area contributed by atoms with Gasteiger partial charge in [-0.15, -0.1) is 0 Å². The SMILES string of the molecule is O=C(O)c1cccc(CS(=O)(=O)c2cccc(Br)c2)c1. The second-order valence-electron chi connectivity index (χ2n) is 4.22. The van der Waals surface area contributed by atoms with Crippen LogP contribution in [-0.2, 0) is 15.6 Å². The lowest BCUT2D eigenvalue weighted by atomic mass is 10.1. The molecule has 104 valence electrons. The van der Waals surface area contributed by atoms with Crippen molar-refractivity contribution in [2.24, 2.45) is 0 Å². The Morgan fingerprint density at radius 1 is 1.10 bits per heavy atom. The highest BCUT2D eigenvalue weighted by Gasteiger charge is 2.16. The predicted octanol–water partition coefficient (Wildman–Crippen LogP) is 3.12. The standard InChI is InChI=1S/C14H11BrO4S/c15-12-5-2-6-13(8-12)20(18,19)9-10-3-1-4-11(7-10)14(16)17/h1-8H,9H2,(H,16,17). The lowest BCUT2D eigenvalue weighted by Crippen LogP contribution is -2.06. The van der Waals surface area contributed by atoms with Crippen molar-refractivity contribution in [1.82, 2.24) is 0 Å². The molecule has 0 saturated carbocycles. The van der Waals surface area contributed by atoms with Gasteiger partial charge < -0.3 is 5.11 Å². The van der Waals surface area contributed by atoms with Crippen molar-refractivity contribution in [1.29, 1.82) is 0 Å². The molecule has 0 radical (unpaired) electrons. The summed E-state index contributed by atoms with van der Waals surface area (Å²) in [7, 11) is -3.50. The summed E-state index contributed by atoms with van der Waals surface area (Å²) < 4.78 is 25.2. The lowest BCUT2D eigenvalue weighted by Gasteiger charge is -2.06. The molecule has 0 heterocycles. The number of halogens is 1. The van der Waals surface area contributed by atoms with Gasteiger partial charge in [0, 0.05) is 4.47 Å². The van der Waals surface area contributed by atoms with Gasteiger partial charge in [-0.2, -0.15) is 0 Å². The molecule has 0 atom stereocenters. The van der Waals surface area contributed by atoms with E-state index < -0.39 is 15.8 Å². The number of rotatable bonds is 4. The molecule has 0 bridgehead atoms. The molecule has 0 spiro atoms. The Morgan fingerprint density at radius 2 is 1.80 bits per heavy atom. The number of benzene rings is 2. The molecule has 0 amide bonds. The Bertz CT molecular complexity index is 753. The van der Waals surface area contributed by atoms with Crippen molar-refractivity contribution in [2.45, 2.75) is 10.6 Å². The molecular weight excluding hydrogens is 344 g/mol. The average Bonchev–Trinajstić information content (AvgIpc) is 2.38. The fourth-order valence-corrected chi connectivity index (χ4v) is 3.69. The van der Waals surface area contributed by atoms with Crippen LogP contribution in [0, 0.1) is 0 Å². The van der Waals surface area contributed by atoms with E-state index in [1.807, 2.05) is 0 Å². The van der Waals surface area contributed by atoms with Crippen LogP contribution in [-0.4, -0.2) is 19.5 Å². The van der Waals surface area contributed by atoms with E-state index in [4.69, 9.17) is 5.11 Å². The van der Waals surface area contributed by atoms with E-state index in [1.165, 1.54) is 30.3 Å². The Morgan fingerprint density at radius 3 is 2.45 bits per heavy atom. The summed E-state index contributed by atoms with van der Waals surface area (Å²) in [5, 5.41) is 8.91. The topological polar surface area (TPSA) is 71.4 Å². The zero-order valence-corrected chi connectivity index (χ0v) is 12.7. The quantitative estimate of drug-likeness (QED) is 0.915. The van der Waals surface area contributed by atoms with Gasteiger partial charge in [-0.3, -0.25) is 0 Å². The molecule has 2 aromatic rings. The van der Waals surface area contributed by atoms with Gasteiger partial charge in [-0.25, -0.2) is 13.2 Å². The van der Waals surface area contributed by atoms with Crippen LogP contribution in [0.5, 0.6) is 0 Å². The van der Waals surface area contributed by atoms with Gasteiger partial charge in [0.1, 0.15) is 0 Å². The minimum atomic E-state index is -3.50. The van der Waals surface area contributed by atoms with Crippen molar-refractivity contribution in [3.05, 3.63) is 64.1 Å². The molecule has 4 nitrogen and oxygen atoms in total. The molecule has 0 aliphatic carbocycles. The number of hydrogen-bond acceptors (Lipinski definition) is 3. The summed E-state index contributed by atoms with van der Waals surface area (Å²) in [5.74, 6) is -1.31. The van der Waals surface area contributed by atoms with Crippen LogP contribution in [0.3, 0.4) is 0 Å². The first-order valence-electron chi connectivity index (χ1n) is 5.69. The van der Waals surface area contributed by atoms with E-state index in [9.17, 15) is 13.2 Å². The minimum Gasteiger partial charge on any atom is -0.478 e. The van der Waals surface area contributed by atoms with Gasteiger partial charge in [0.05, 0.1) is 16.2 Å². The normalized spacial score (nSPS) is 11.2. The molecule has 0 fully saturated rings. The van der Waals surface area contributed by atoms with Crippen molar-refractivity contribution in [2.75, 3.05) is 0 Å². The first-order valence-corrected chi connectivity index (χ1v) is 8.13. The zero-order chi connectivity index (χ0) is 14.8. The fourth-order valence-electron chi connectivity index (χ4n) is 1.76. The van der Waals surface area contributed by atoms with E-state index >= 15 is 0 Å². The number of sulfone groups is 1. The highest BCUT2D eigenvalue weighted by Crippen LogP contribution is 2.20. The maximum Gasteiger partial charge on any atom is 0.335 e. The van der Waals surface area contributed by atoms with Gasteiger partial charge in [0.25, 0.3) is 0 Å². The third kappa shape index (κ3) is 3.46. The molecule has 20 heavy (non-hydrogen) atoms. The monoisotopic (exact) mass is 354 g/mol. The Hall–Kier alpha value is -1.66. The molecule has 0 aliphatic heterocycles. The van der Waals surface area contributed by atoms with E-state index in [1.54, 1.807) is 18.2 Å². The Balaban J connectivity index is 2.33. The van der Waals surface area contributed by atoms with E-state index in [2.05, 4.69) is 15.9 Å². The summed E-state index contributed by atoms with van der Waals surface area (Å²) in [6.45, 7) is 0. The molecule has 2 aromatic carbocycles. The van der Waals surface area contributed by atoms with Gasteiger partial charge in [-0.05, 0) is 35.9 Å². The summed E-state index contributed by atoms with van der Waals surface area (Å²) in [6, 6.07) is 12.4. The molecule has 1 N–H and O–H groups in total. The summed E-state index contributed by atoms with van der Waals surface area (Å²) >= 11 is 3.23. The third-order valence-electron chi connectivity index (χ3n) is 2.69. The van der Waals surface area contributed by atoms with Crippen molar-refractivity contribution >= 4 is 31.7 Å². The summed E-state index contributed by atoms with van der Waals surface area (Å²) in [6.07, 6.45) is 0. The van der Waals surface area contributed by atoms with Crippen LogP contribution in [0.1, 0.15) is 15.9 Å². The maximum atomic E-state index is 12.3. The van der Waals surface area contributed by atoms with Crippen LogP contribution in [0.2, 0.25) is 0 Å². The maximum absolute atomic E-state index is 12.3. The van der Waals surface area contributed by atoms with Gasteiger partial charge >= 0.3 is 5.97 Å². The van der Waals surface area contributed by atoms with Crippen LogP contribution < -0.4 is 0 Å². The first kappa shape index (κ1) is 14.7. The van der Waals surface area contributed by atoms with Crippen LogP contribution in [0.15, 0.2) is 57.9 Å². The number of carboxylic acid groups (broad SMARTS) is 1. The molecule has 0 unspecified atom stereocenters. The summed E-state index contributed by atoms with van der Waals surface area (Å²) in [5.41, 5.74) is 0.525. The van der Waals surface area contributed by atoms with Crippen molar-refractivity contribution in [3.8, 4) is 0 Å². The highest BCUT2D eigenvalue weighted by atomic mass is 79.9. The third-order valence-corrected chi connectivity index (χ3v) is 4.86. The first-order chi connectivity index (χ1) is 9.38. The second kappa shape index (κ2) is 5.76.